The van der Waals surface area contributed by atoms with Gasteiger partial charge in [0.15, 0.2) is 12.4 Å². The number of H-pyrrole nitrogens is 1. The number of thiazole rings is 1. The molecule has 0 unspecified atom stereocenters. The first kappa shape index (κ1) is 26.0. The number of aromatic nitrogens is 3. The predicted octanol–water partition coefficient (Wildman–Crippen LogP) is 6.15. The second kappa shape index (κ2) is 10.1. The highest BCUT2D eigenvalue weighted by atomic mass is 32.1. The van der Waals surface area contributed by atoms with Gasteiger partial charge in [-0.15, -0.1) is 11.3 Å². The molecule has 0 spiro atoms. The van der Waals surface area contributed by atoms with Crippen LogP contribution in [0.1, 0.15) is 47.2 Å². The second-order valence-corrected chi connectivity index (χ2v) is 9.56. The average Bonchev–Trinajstić information content (AvgIpc) is 3.40. The average molecular weight is 537 g/mol. The van der Waals surface area contributed by atoms with E-state index in [-0.39, 0.29) is 48.3 Å². The van der Waals surface area contributed by atoms with E-state index in [2.05, 4.69) is 19.6 Å². The third-order valence-electron chi connectivity index (χ3n) is 5.86. The summed E-state index contributed by atoms with van der Waals surface area (Å²) in [5, 5.41) is 4.23. The first-order valence-electron chi connectivity index (χ1n) is 10.9. The number of ether oxygens (including phenoxy) is 2. The minimum absolute atomic E-state index is 0.0488. The third kappa shape index (κ3) is 6.39. The summed E-state index contributed by atoms with van der Waals surface area (Å²) in [7, 11) is 0. The van der Waals surface area contributed by atoms with Crippen molar-refractivity contribution in [3.8, 4) is 22.9 Å². The van der Waals surface area contributed by atoms with Crippen molar-refractivity contribution in [2.45, 2.75) is 57.5 Å². The Morgan fingerprint density at radius 2 is 1.83 bits per heavy atom. The van der Waals surface area contributed by atoms with Crippen molar-refractivity contribution < 1.29 is 40.3 Å². The van der Waals surface area contributed by atoms with E-state index in [4.69, 9.17) is 9.47 Å². The highest BCUT2D eigenvalue weighted by molar-refractivity contribution is 7.11. The number of hydrogen-bond acceptors (Lipinski definition) is 7. The van der Waals surface area contributed by atoms with E-state index in [9.17, 15) is 31.1 Å². The Labute approximate surface area is 204 Å². The molecule has 7 nitrogen and oxygen atoms in total. The van der Waals surface area contributed by atoms with E-state index in [1.807, 2.05) is 0 Å². The van der Waals surface area contributed by atoms with Gasteiger partial charge in [-0.25, -0.2) is 9.78 Å². The molecule has 1 aliphatic rings. The van der Waals surface area contributed by atoms with Gasteiger partial charge in [0.05, 0.1) is 27.1 Å². The molecule has 0 bridgehead atoms. The molecule has 14 heteroatoms. The molecule has 1 aliphatic carbocycles. The van der Waals surface area contributed by atoms with Crippen molar-refractivity contribution in [2.24, 2.45) is 5.92 Å². The van der Waals surface area contributed by atoms with Gasteiger partial charge in [0, 0.05) is 12.0 Å². The van der Waals surface area contributed by atoms with Crippen LogP contribution in [0, 0.1) is 12.8 Å². The molecule has 3 aromatic rings. The van der Waals surface area contributed by atoms with Gasteiger partial charge in [0.1, 0.15) is 18.1 Å². The molecule has 0 saturated heterocycles. The normalized spacial score (nSPS) is 18.9. The lowest BCUT2D eigenvalue weighted by Crippen LogP contribution is -2.27. The van der Waals surface area contributed by atoms with Crippen molar-refractivity contribution >= 4 is 11.3 Å². The summed E-state index contributed by atoms with van der Waals surface area (Å²) in [6, 6.07) is 4.08. The van der Waals surface area contributed by atoms with Gasteiger partial charge in [-0.05, 0) is 44.7 Å². The molecule has 36 heavy (non-hydrogen) atoms. The van der Waals surface area contributed by atoms with Crippen LogP contribution in [0.4, 0.5) is 26.3 Å². The topological polar surface area (TPSA) is 90.2 Å². The minimum atomic E-state index is -4.60. The number of nitrogens with one attached hydrogen (secondary N) is 1. The summed E-state index contributed by atoms with van der Waals surface area (Å²) >= 11 is 1.36. The number of hydrogen-bond donors (Lipinski definition) is 1. The Balaban J connectivity index is 1.45. The van der Waals surface area contributed by atoms with Gasteiger partial charge in [0.2, 0.25) is 0 Å². The standard InChI is InChI=1S/C22H21F6N3O4S/c1-11-17(36-19(29-11)12-2-4-13(5-3-12)22(26,27)28)9-33-14-6-7-15(18-30-20(32)35-31-18)16(8-14)34-10-21(23,24)25/h6-8,12-13H,2-5,9-10H2,1H3,(H,30,31,32)/t12-,13-. The van der Waals surface area contributed by atoms with Crippen LogP contribution in [0.25, 0.3) is 11.4 Å². The first-order valence-corrected chi connectivity index (χ1v) is 11.8. The van der Waals surface area contributed by atoms with E-state index >= 15 is 0 Å². The zero-order chi connectivity index (χ0) is 26.1. The molecule has 0 amide bonds. The largest absolute Gasteiger partial charge is 0.488 e. The van der Waals surface area contributed by atoms with Crippen molar-refractivity contribution in [1.82, 2.24) is 15.1 Å². The van der Waals surface area contributed by atoms with Gasteiger partial charge in [0.25, 0.3) is 0 Å². The molecule has 1 N–H and O–H groups in total. The van der Waals surface area contributed by atoms with Crippen molar-refractivity contribution in [3.05, 3.63) is 44.3 Å². The maximum atomic E-state index is 12.9. The fourth-order valence-electron chi connectivity index (χ4n) is 3.99. The molecule has 0 atom stereocenters. The maximum Gasteiger partial charge on any atom is 0.439 e. The fourth-order valence-corrected chi connectivity index (χ4v) is 5.14. The molecule has 2 heterocycles. The lowest BCUT2D eigenvalue weighted by molar-refractivity contribution is -0.182. The molecule has 0 aliphatic heterocycles. The van der Waals surface area contributed by atoms with E-state index in [0.29, 0.717) is 18.5 Å². The molecular formula is C22H21F6N3O4S. The van der Waals surface area contributed by atoms with Crippen LogP contribution >= 0.6 is 11.3 Å². The van der Waals surface area contributed by atoms with E-state index in [0.717, 1.165) is 9.88 Å². The van der Waals surface area contributed by atoms with Crippen molar-refractivity contribution in [3.63, 3.8) is 0 Å². The summed E-state index contributed by atoms with van der Waals surface area (Å²) < 4.78 is 92.0. The Morgan fingerprint density at radius 3 is 2.44 bits per heavy atom. The van der Waals surface area contributed by atoms with Crippen LogP contribution in [0.15, 0.2) is 27.5 Å². The van der Waals surface area contributed by atoms with Gasteiger partial charge in [-0.1, -0.05) is 5.16 Å². The van der Waals surface area contributed by atoms with Crippen LogP contribution in [0.2, 0.25) is 0 Å². The molecular weight excluding hydrogens is 516 g/mol. The number of alkyl halides is 6. The summed E-state index contributed by atoms with van der Waals surface area (Å²) in [6.45, 7) is 0.252. The second-order valence-electron chi connectivity index (χ2n) is 8.44. The van der Waals surface area contributed by atoms with Crippen LogP contribution in [-0.4, -0.2) is 34.1 Å². The predicted molar refractivity (Wildman–Crippen MR) is 116 cm³/mol. The number of benzene rings is 1. The maximum absolute atomic E-state index is 12.9. The van der Waals surface area contributed by atoms with Crippen molar-refractivity contribution in [2.75, 3.05) is 6.61 Å². The fraction of sp³-hybridized carbons (Fsp3) is 0.500. The number of nitrogens with zero attached hydrogens (tertiary/aromatic N) is 2. The Hall–Kier alpha value is -3.03. The number of aryl methyl sites for hydroxylation is 1. The van der Waals surface area contributed by atoms with Gasteiger partial charge >= 0.3 is 18.1 Å². The van der Waals surface area contributed by atoms with Crippen LogP contribution in [0.5, 0.6) is 11.5 Å². The number of rotatable bonds is 7. The summed E-state index contributed by atoms with van der Waals surface area (Å²) in [6.07, 6.45) is -7.82. The molecule has 0 radical (unpaired) electrons. The van der Waals surface area contributed by atoms with Crippen LogP contribution < -0.4 is 15.2 Å². The summed E-state index contributed by atoms with van der Waals surface area (Å²) in [5.41, 5.74) is 0.751. The molecule has 1 saturated carbocycles. The molecule has 196 valence electrons. The molecule has 1 aromatic carbocycles. The molecule has 1 fully saturated rings. The summed E-state index contributed by atoms with van der Waals surface area (Å²) in [5.74, 6) is -2.33. The van der Waals surface area contributed by atoms with Gasteiger partial charge < -0.3 is 9.47 Å². The monoisotopic (exact) mass is 537 g/mol. The molecule has 2 aromatic heterocycles. The van der Waals surface area contributed by atoms with E-state index in [1.165, 1.54) is 29.5 Å². The Morgan fingerprint density at radius 1 is 1.11 bits per heavy atom. The number of aromatic amines is 1. The van der Waals surface area contributed by atoms with Crippen LogP contribution in [-0.2, 0) is 6.61 Å². The Kier molecular flexibility index (Phi) is 7.34. The van der Waals surface area contributed by atoms with Crippen LogP contribution in [0.3, 0.4) is 0 Å². The van der Waals surface area contributed by atoms with Gasteiger partial charge in [-0.2, -0.15) is 26.3 Å². The van der Waals surface area contributed by atoms with Gasteiger partial charge in [-0.3, -0.25) is 9.51 Å². The molecule has 4 rings (SSSR count). The zero-order valence-corrected chi connectivity index (χ0v) is 19.6. The quantitative estimate of drug-likeness (QED) is 0.364. The first-order chi connectivity index (χ1) is 16.9. The smallest absolute Gasteiger partial charge is 0.439 e. The SMILES string of the molecule is Cc1nc([C@H]2CC[C@H](C(F)(F)F)CC2)sc1COc1ccc(-c2noc(=O)[nH]2)c(OCC(F)(F)F)c1. The van der Waals surface area contributed by atoms with E-state index in [1.54, 1.807) is 6.92 Å². The highest BCUT2D eigenvalue weighted by Crippen LogP contribution is 2.44. The lowest BCUT2D eigenvalue weighted by Gasteiger charge is -2.28. The lowest BCUT2D eigenvalue weighted by atomic mass is 9.82. The zero-order valence-electron chi connectivity index (χ0n) is 18.8. The van der Waals surface area contributed by atoms with Crippen molar-refractivity contribution in [1.29, 1.82) is 0 Å². The summed E-state index contributed by atoms with van der Waals surface area (Å²) in [4.78, 5) is 18.8. The minimum Gasteiger partial charge on any atom is -0.488 e. The van der Waals surface area contributed by atoms with E-state index < -0.39 is 30.6 Å². The third-order valence-corrected chi connectivity index (χ3v) is 7.15. The number of halogens is 6. The Bertz CT molecular complexity index is 1240. The highest BCUT2D eigenvalue weighted by Gasteiger charge is 2.42.